The van der Waals surface area contributed by atoms with Crippen LogP contribution in [-0.4, -0.2) is 47.2 Å². The van der Waals surface area contributed by atoms with E-state index in [4.69, 9.17) is 4.74 Å². The van der Waals surface area contributed by atoms with E-state index in [1.54, 1.807) is 0 Å². The number of rotatable bonds is 2. The van der Waals surface area contributed by atoms with Crippen molar-refractivity contribution >= 4 is 11.5 Å². The minimum absolute atomic E-state index is 0.0423. The van der Waals surface area contributed by atoms with Crippen molar-refractivity contribution in [3.63, 3.8) is 0 Å². The van der Waals surface area contributed by atoms with Crippen molar-refractivity contribution in [2.75, 3.05) is 19.6 Å². The highest BCUT2D eigenvalue weighted by molar-refractivity contribution is 6.25. The number of fused-ring (bicyclic) bond motifs is 2. The lowest BCUT2D eigenvalue weighted by Crippen LogP contribution is -2.35. The van der Waals surface area contributed by atoms with Crippen LogP contribution in [0.1, 0.15) is 53.7 Å². The second kappa shape index (κ2) is 7.86. The maximum absolute atomic E-state index is 12.2. The van der Waals surface area contributed by atoms with Crippen LogP contribution in [0.4, 0.5) is 0 Å². The molecule has 5 nitrogen and oxygen atoms in total. The molecular weight excluding hydrogens is 352 g/mol. The minimum atomic E-state index is -0.160. The van der Waals surface area contributed by atoms with Gasteiger partial charge in [-0.2, -0.15) is 0 Å². The Balaban J connectivity index is 0.000000932. The molecular formula is C23H26N2O3. The molecule has 1 saturated heterocycles. The van der Waals surface area contributed by atoms with E-state index in [-0.39, 0.29) is 18.4 Å². The van der Waals surface area contributed by atoms with Crippen LogP contribution in [0.25, 0.3) is 0 Å². The molecule has 3 aliphatic rings. The number of carbonyl (C=O) groups excluding carboxylic acids is 1. The lowest BCUT2D eigenvalue weighted by Gasteiger charge is -2.30. The summed E-state index contributed by atoms with van der Waals surface area (Å²) >= 11 is 0. The van der Waals surface area contributed by atoms with Gasteiger partial charge in [0.2, 0.25) is 0 Å². The van der Waals surface area contributed by atoms with E-state index in [1.165, 1.54) is 5.56 Å². The zero-order chi connectivity index (χ0) is 19.7. The van der Waals surface area contributed by atoms with E-state index in [0.717, 1.165) is 55.1 Å². The van der Waals surface area contributed by atoms with Crippen LogP contribution in [0, 0.1) is 0 Å². The van der Waals surface area contributed by atoms with Gasteiger partial charge in [0, 0.05) is 30.8 Å². The fourth-order valence-corrected chi connectivity index (χ4v) is 4.03. The Morgan fingerprint density at radius 3 is 2.68 bits per heavy atom. The number of aliphatic hydroxyl groups excluding tert-OH is 1. The first-order valence-corrected chi connectivity index (χ1v) is 10.1. The molecule has 2 aromatic carbocycles. The van der Waals surface area contributed by atoms with E-state index in [2.05, 4.69) is 22.0 Å². The zero-order valence-corrected chi connectivity index (χ0v) is 16.4. The van der Waals surface area contributed by atoms with E-state index in [9.17, 15) is 9.90 Å². The van der Waals surface area contributed by atoms with Crippen LogP contribution in [0.5, 0.6) is 11.5 Å². The SMILES string of the molecule is CC.O=C1CN=C2c3cc(CN4CCC(O)CC4)ccc3Oc3cccc1c32. The second-order valence-electron chi connectivity index (χ2n) is 7.21. The first-order chi connectivity index (χ1) is 13.7. The molecule has 0 radical (unpaired) electrons. The highest BCUT2D eigenvalue weighted by Gasteiger charge is 2.31. The van der Waals surface area contributed by atoms with Gasteiger partial charge >= 0.3 is 0 Å². The predicted molar refractivity (Wildman–Crippen MR) is 110 cm³/mol. The molecule has 0 bridgehead atoms. The average Bonchev–Trinajstić information content (AvgIpc) is 2.73. The topological polar surface area (TPSA) is 62.1 Å². The van der Waals surface area contributed by atoms with Gasteiger partial charge in [-0.3, -0.25) is 14.7 Å². The van der Waals surface area contributed by atoms with Gasteiger partial charge in [-0.15, -0.1) is 0 Å². The number of hydrogen-bond donors (Lipinski definition) is 1. The number of ether oxygens (including phenoxy) is 1. The number of Topliss-reactive ketones (excluding diaryl/α,β-unsaturated/α-hetero) is 1. The predicted octanol–water partition coefficient (Wildman–Crippen LogP) is 3.81. The van der Waals surface area contributed by atoms with E-state index < -0.39 is 0 Å². The third kappa shape index (κ3) is 3.36. The number of ketones is 1. The number of aliphatic hydroxyl groups is 1. The molecule has 0 aliphatic carbocycles. The van der Waals surface area contributed by atoms with Crippen molar-refractivity contribution < 1.29 is 14.6 Å². The molecule has 3 heterocycles. The van der Waals surface area contributed by atoms with Gasteiger partial charge in [0.1, 0.15) is 18.0 Å². The van der Waals surface area contributed by atoms with E-state index >= 15 is 0 Å². The third-order valence-corrected chi connectivity index (χ3v) is 5.43. The maximum atomic E-state index is 12.2. The summed E-state index contributed by atoms with van der Waals surface area (Å²) in [5, 5.41) is 9.68. The molecule has 0 unspecified atom stereocenters. The van der Waals surface area contributed by atoms with Crippen LogP contribution in [-0.2, 0) is 6.54 Å². The molecule has 0 aromatic heterocycles. The molecule has 1 N–H and O–H groups in total. The number of nitrogens with zero attached hydrogens (tertiary/aromatic N) is 2. The Kier molecular flexibility index (Phi) is 5.29. The fraction of sp³-hybridized carbons (Fsp3) is 0.391. The normalized spacial score (nSPS) is 18.2. The molecule has 3 aliphatic heterocycles. The molecule has 2 aromatic rings. The number of benzene rings is 2. The van der Waals surface area contributed by atoms with Crippen molar-refractivity contribution in [3.05, 3.63) is 58.7 Å². The Hall–Kier alpha value is -2.50. The van der Waals surface area contributed by atoms with Gasteiger partial charge in [0.05, 0.1) is 17.4 Å². The molecule has 0 atom stereocenters. The largest absolute Gasteiger partial charge is 0.456 e. The quantitative estimate of drug-likeness (QED) is 0.737. The highest BCUT2D eigenvalue weighted by Crippen LogP contribution is 2.40. The summed E-state index contributed by atoms with van der Waals surface area (Å²) in [5.74, 6) is 1.54. The Bertz CT molecular complexity index is 927. The first kappa shape index (κ1) is 18.8. The molecule has 5 rings (SSSR count). The minimum Gasteiger partial charge on any atom is -0.456 e. The number of hydrogen-bond acceptors (Lipinski definition) is 5. The van der Waals surface area contributed by atoms with Gasteiger partial charge in [-0.05, 0) is 36.6 Å². The molecule has 5 heteroatoms. The van der Waals surface area contributed by atoms with Gasteiger partial charge in [-0.25, -0.2) is 0 Å². The fourth-order valence-electron chi connectivity index (χ4n) is 4.03. The first-order valence-electron chi connectivity index (χ1n) is 10.1. The van der Waals surface area contributed by atoms with Crippen molar-refractivity contribution in [3.8, 4) is 11.5 Å². The van der Waals surface area contributed by atoms with E-state index in [0.29, 0.717) is 11.3 Å². The molecule has 0 spiro atoms. The van der Waals surface area contributed by atoms with Crippen LogP contribution in [0.15, 0.2) is 41.4 Å². The van der Waals surface area contributed by atoms with Gasteiger partial charge in [0.25, 0.3) is 0 Å². The molecule has 0 saturated carbocycles. The summed E-state index contributed by atoms with van der Waals surface area (Å²) < 4.78 is 6.05. The monoisotopic (exact) mass is 378 g/mol. The molecule has 0 amide bonds. The maximum Gasteiger partial charge on any atom is 0.185 e. The standard InChI is InChI=1S/C21H20N2O3.C2H6/c24-14-6-8-23(9-7-14)12-13-4-5-18-16(10-13)21-20-15(17(25)11-22-21)2-1-3-19(20)26-18;1-2/h1-5,10,14,24H,6-9,11-12H2;1-2H3. The summed E-state index contributed by atoms with van der Waals surface area (Å²) in [5.41, 5.74) is 4.56. The lowest BCUT2D eigenvalue weighted by molar-refractivity contribution is 0.0792. The van der Waals surface area contributed by atoms with Gasteiger partial charge in [0.15, 0.2) is 5.78 Å². The summed E-state index contributed by atoms with van der Waals surface area (Å²) in [6.45, 7) is 6.87. The van der Waals surface area contributed by atoms with E-state index in [1.807, 2.05) is 38.1 Å². The van der Waals surface area contributed by atoms with Crippen LogP contribution in [0.2, 0.25) is 0 Å². The van der Waals surface area contributed by atoms with Crippen LogP contribution < -0.4 is 4.74 Å². The second-order valence-corrected chi connectivity index (χ2v) is 7.21. The average molecular weight is 378 g/mol. The molecule has 146 valence electrons. The van der Waals surface area contributed by atoms with Crippen molar-refractivity contribution in [2.45, 2.75) is 39.3 Å². The smallest absolute Gasteiger partial charge is 0.185 e. The highest BCUT2D eigenvalue weighted by atomic mass is 16.5. The Morgan fingerprint density at radius 1 is 1.11 bits per heavy atom. The van der Waals surface area contributed by atoms with Gasteiger partial charge in [-0.1, -0.05) is 32.0 Å². The Labute approximate surface area is 165 Å². The summed E-state index contributed by atoms with van der Waals surface area (Å²) in [6.07, 6.45) is 1.51. The molecule has 1 fully saturated rings. The molecule has 28 heavy (non-hydrogen) atoms. The zero-order valence-electron chi connectivity index (χ0n) is 16.4. The van der Waals surface area contributed by atoms with Crippen LogP contribution in [0.3, 0.4) is 0 Å². The number of carbonyl (C=O) groups is 1. The van der Waals surface area contributed by atoms with Crippen LogP contribution >= 0.6 is 0 Å². The summed E-state index contributed by atoms with van der Waals surface area (Å²) in [7, 11) is 0. The lowest BCUT2D eigenvalue weighted by atomic mass is 9.89. The Morgan fingerprint density at radius 2 is 1.89 bits per heavy atom. The summed E-state index contributed by atoms with van der Waals surface area (Å²) in [6, 6.07) is 11.8. The summed E-state index contributed by atoms with van der Waals surface area (Å²) in [4.78, 5) is 19.1. The number of likely N-dealkylation sites (tertiary alicyclic amines) is 1. The third-order valence-electron chi connectivity index (χ3n) is 5.43. The van der Waals surface area contributed by atoms with Crippen molar-refractivity contribution in [2.24, 2.45) is 4.99 Å². The van der Waals surface area contributed by atoms with Crippen molar-refractivity contribution in [1.82, 2.24) is 4.90 Å². The van der Waals surface area contributed by atoms with Crippen molar-refractivity contribution in [1.29, 1.82) is 0 Å². The van der Waals surface area contributed by atoms with Gasteiger partial charge < -0.3 is 9.84 Å². The number of piperidine rings is 1. The number of aliphatic imine (C=N–C) groups is 1.